The number of nitrogens with zero attached hydrogens (tertiary/aromatic N) is 2. The zero-order valence-corrected chi connectivity index (χ0v) is 17.7. The summed E-state index contributed by atoms with van der Waals surface area (Å²) in [5.74, 6) is 0.963. The number of phenols is 1. The number of rotatable bonds is 3. The van der Waals surface area contributed by atoms with E-state index in [9.17, 15) is 9.90 Å². The molecule has 0 aliphatic carbocycles. The van der Waals surface area contributed by atoms with Crippen molar-refractivity contribution in [2.75, 3.05) is 12.4 Å². The number of ether oxygens (including phenoxy) is 1. The lowest BCUT2D eigenvalue weighted by atomic mass is 10.0. The molecule has 2 unspecified atom stereocenters. The molecule has 4 rings (SSSR count). The van der Waals surface area contributed by atoms with Crippen molar-refractivity contribution < 1.29 is 14.6 Å². The summed E-state index contributed by atoms with van der Waals surface area (Å²) in [5, 5.41) is 17.8. The number of thioether (sulfide) groups is 1. The van der Waals surface area contributed by atoms with E-state index in [0.717, 1.165) is 16.8 Å². The first-order valence-electron chi connectivity index (χ1n) is 9.08. The highest BCUT2D eigenvalue weighted by Gasteiger charge is 2.34. The lowest BCUT2D eigenvalue weighted by Gasteiger charge is -2.18. The molecular formula is C21H20ClN3O3S. The normalized spacial score (nSPS) is 18.7. The van der Waals surface area contributed by atoms with Crippen LogP contribution in [0, 0.1) is 6.92 Å². The van der Waals surface area contributed by atoms with Crippen LogP contribution in [0.3, 0.4) is 0 Å². The summed E-state index contributed by atoms with van der Waals surface area (Å²) in [5.41, 5.74) is 3.30. The molecule has 0 radical (unpaired) electrons. The number of aryl methyl sites for hydroxylation is 1. The van der Waals surface area contributed by atoms with Crippen molar-refractivity contribution in [1.82, 2.24) is 9.78 Å². The highest BCUT2D eigenvalue weighted by molar-refractivity contribution is 8.01. The van der Waals surface area contributed by atoms with E-state index in [4.69, 9.17) is 16.3 Å². The molecule has 0 spiro atoms. The number of aromatic nitrogens is 2. The van der Waals surface area contributed by atoms with Crippen LogP contribution in [0.5, 0.6) is 11.5 Å². The van der Waals surface area contributed by atoms with Crippen molar-refractivity contribution in [2.45, 2.75) is 24.3 Å². The summed E-state index contributed by atoms with van der Waals surface area (Å²) in [4.78, 5) is 12.7. The minimum Gasteiger partial charge on any atom is -0.504 e. The van der Waals surface area contributed by atoms with E-state index < -0.39 is 0 Å². The number of carbonyl (C=O) groups excluding carboxylic acids is 1. The van der Waals surface area contributed by atoms with Gasteiger partial charge in [-0.05, 0) is 43.7 Å². The largest absolute Gasteiger partial charge is 0.504 e. The molecule has 3 aromatic rings. The Morgan fingerprint density at radius 2 is 2.03 bits per heavy atom. The second kappa shape index (κ2) is 7.65. The van der Waals surface area contributed by atoms with Crippen LogP contribution in [0.4, 0.5) is 5.82 Å². The number of hydrogen-bond donors (Lipinski definition) is 2. The molecule has 29 heavy (non-hydrogen) atoms. The molecule has 150 valence electrons. The summed E-state index contributed by atoms with van der Waals surface area (Å²) in [6.07, 6.45) is 0. The van der Waals surface area contributed by atoms with E-state index in [1.54, 1.807) is 22.9 Å². The molecule has 1 amide bonds. The average molecular weight is 430 g/mol. The van der Waals surface area contributed by atoms with Gasteiger partial charge in [0.15, 0.2) is 11.5 Å². The number of para-hydroxylation sites is 1. The van der Waals surface area contributed by atoms with Crippen LogP contribution in [0.25, 0.3) is 5.69 Å². The van der Waals surface area contributed by atoms with Crippen molar-refractivity contribution in [3.05, 3.63) is 64.3 Å². The Morgan fingerprint density at radius 1 is 1.28 bits per heavy atom. The second-order valence-electron chi connectivity index (χ2n) is 6.79. The Kier molecular flexibility index (Phi) is 5.19. The van der Waals surface area contributed by atoms with Gasteiger partial charge in [-0.2, -0.15) is 5.10 Å². The fourth-order valence-electron chi connectivity index (χ4n) is 3.43. The number of amides is 1. The molecule has 0 fully saturated rings. The van der Waals surface area contributed by atoms with Gasteiger partial charge in [0.25, 0.3) is 0 Å². The van der Waals surface area contributed by atoms with E-state index in [-0.39, 0.29) is 22.2 Å². The topological polar surface area (TPSA) is 76.4 Å². The highest BCUT2D eigenvalue weighted by atomic mass is 35.5. The lowest BCUT2D eigenvalue weighted by molar-refractivity contribution is -0.115. The third-order valence-electron chi connectivity index (χ3n) is 4.91. The number of halogens is 1. The maximum atomic E-state index is 12.7. The summed E-state index contributed by atoms with van der Waals surface area (Å²) in [6, 6.07) is 12.6. The SMILES string of the molecule is COc1cc(C2SC(C)C(=O)Nc3c2c(C)nn3-c2ccccc2Cl)ccc1O. The summed E-state index contributed by atoms with van der Waals surface area (Å²) in [6.45, 7) is 3.79. The van der Waals surface area contributed by atoms with Gasteiger partial charge in [-0.1, -0.05) is 29.8 Å². The Balaban J connectivity index is 1.93. The van der Waals surface area contributed by atoms with E-state index in [1.165, 1.54) is 18.9 Å². The minimum absolute atomic E-state index is 0.0702. The molecule has 0 saturated carbocycles. The summed E-state index contributed by atoms with van der Waals surface area (Å²) < 4.78 is 6.97. The average Bonchev–Trinajstić information content (AvgIpc) is 2.94. The minimum atomic E-state index is -0.286. The van der Waals surface area contributed by atoms with Gasteiger partial charge in [0.05, 0.1) is 34.0 Å². The van der Waals surface area contributed by atoms with Crippen molar-refractivity contribution in [3.63, 3.8) is 0 Å². The molecule has 1 aliphatic heterocycles. The predicted molar refractivity (Wildman–Crippen MR) is 115 cm³/mol. The first-order valence-corrected chi connectivity index (χ1v) is 10.4. The first kappa shape index (κ1) is 19.7. The third-order valence-corrected chi connectivity index (χ3v) is 6.63. The van der Waals surface area contributed by atoms with Crippen LogP contribution in [0.2, 0.25) is 5.02 Å². The Labute approximate surface area is 177 Å². The summed E-state index contributed by atoms with van der Waals surface area (Å²) >= 11 is 7.93. The number of carbonyl (C=O) groups is 1. The van der Waals surface area contributed by atoms with Gasteiger partial charge in [0, 0.05) is 5.56 Å². The summed E-state index contributed by atoms with van der Waals surface area (Å²) in [7, 11) is 1.51. The number of methoxy groups -OCH3 is 1. The Morgan fingerprint density at radius 3 is 2.76 bits per heavy atom. The Hall–Kier alpha value is -2.64. The maximum Gasteiger partial charge on any atom is 0.238 e. The maximum absolute atomic E-state index is 12.7. The molecule has 1 aliphatic rings. The van der Waals surface area contributed by atoms with Gasteiger partial charge >= 0.3 is 0 Å². The van der Waals surface area contributed by atoms with Gasteiger partial charge in [-0.3, -0.25) is 4.79 Å². The molecule has 0 saturated heterocycles. The number of fused-ring (bicyclic) bond motifs is 1. The number of anilines is 1. The number of nitrogens with one attached hydrogen (secondary N) is 1. The number of phenolic OH excluding ortho intramolecular Hbond substituents is 1. The quantitative estimate of drug-likeness (QED) is 0.630. The molecule has 8 heteroatoms. The Bertz CT molecular complexity index is 1100. The van der Waals surface area contributed by atoms with Gasteiger partial charge in [-0.25, -0.2) is 4.68 Å². The smallest absolute Gasteiger partial charge is 0.238 e. The molecule has 2 atom stereocenters. The number of benzene rings is 2. The predicted octanol–water partition coefficient (Wildman–Crippen LogP) is 4.71. The van der Waals surface area contributed by atoms with Crippen LogP contribution in [-0.2, 0) is 4.79 Å². The van der Waals surface area contributed by atoms with E-state index in [0.29, 0.717) is 22.3 Å². The second-order valence-corrected chi connectivity index (χ2v) is 8.65. The van der Waals surface area contributed by atoms with Crippen molar-refractivity contribution in [3.8, 4) is 17.2 Å². The van der Waals surface area contributed by atoms with Crippen LogP contribution in [0.15, 0.2) is 42.5 Å². The lowest BCUT2D eigenvalue weighted by Crippen LogP contribution is -2.22. The van der Waals surface area contributed by atoms with Gasteiger partial charge < -0.3 is 15.2 Å². The molecular weight excluding hydrogens is 410 g/mol. The molecule has 2 heterocycles. The van der Waals surface area contributed by atoms with Gasteiger partial charge in [0.1, 0.15) is 5.82 Å². The zero-order chi connectivity index (χ0) is 20.7. The number of hydrogen-bond acceptors (Lipinski definition) is 5. The van der Waals surface area contributed by atoms with Crippen LogP contribution < -0.4 is 10.1 Å². The number of aromatic hydroxyl groups is 1. The third kappa shape index (κ3) is 3.45. The van der Waals surface area contributed by atoms with Crippen molar-refractivity contribution in [2.24, 2.45) is 0 Å². The highest BCUT2D eigenvalue weighted by Crippen LogP contribution is 2.47. The molecule has 2 N–H and O–H groups in total. The van der Waals surface area contributed by atoms with Crippen LogP contribution >= 0.6 is 23.4 Å². The van der Waals surface area contributed by atoms with Gasteiger partial charge in [-0.15, -0.1) is 11.8 Å². The molecule has 0 bridgehead atoms. The van der Waals surface area contributed by atoms with Gasteiger partial charge in [0.2, 0.25) is 5.91 Å². The standard InChI is InChI=1S/C21H20ClN3O3S/c1-11-18-19(13-8-9-16(26)17(10-13)28-3)29-12(2)21(27)23-20(18)25(24-11)15-7-5-4-6-14(15)22/h4-10,12,19,26H,1-3H3,(H,23,27). The zero-order valence-electron chi connectivity index (χ0n) is 16.1. The van der Waals surface area contributed by atoms with Crippen molar-refractivity contribution in [1.29, 1.82) is 0 Å². The fourth-order valence-corrected chi connectivity index (χ4v) is 4.95. The molecule has 2 aromatic carbocycles. The fraction of sp³-hybridized carbons (Fsp3) is 0.238. The monoisotopic (exact) mass is 429 g/mol. The van der Waals surface area contributed by atoms with E-state index >= 15 is 0 Å². The molecule has 6 nitrogen and oxygen atoms in total. The van der Waals surface area contributed by atoms with Crippen LogP contribution in [0.1, 0.15) is 29.0 Å². The van der Waals surface area contributed by atoms with E-state index in [1.807, 2.05) is 38.1 Å². The van der Waals surface area contributed by atoms with E-state index in [2.05, 4.69) is 10.4 Å². The first-order chi connectivity index (χ1) is 13.9. The van der Waals surface area contributed by atoms with Crippen molar-refractivity contribution >= 4 is 35.1 Å². The van der Waals surface area contributed by atoms with Crippen LogP contribution in [-0.4, -0.2) is 33.2 Å². The molecule has 1 aromatic heterocycles.